The van der Waals surface area contributed by atoms with Gasteiger partial charge in [0.05, 0.1) is 8.07 Å². The van der Waals surface area contributed by atoms with Gasteiger partial charge in [-0.1, -0.05) is 49.1 Å². The second-order valence-electron chi connectivity index (χ2n) is 4.96. The average Bonchev–Trinajstić information content (AvgIpc) is 2.31. The standard InChI is InChI=1S/C12H22O3Si2/c1-13-17(14-2,15-3)12-10-8-7-9-11(12)16(4,5)6/h7-10H,1-6H3. The van der Waals surface area contributed by atoms with Gasteiger partial charge in [-0.2, -0.15) is 0 Å². The smallest absolute Gasteiger partial charge is 0.373 e. The lowest BCUT2D eigenvalue weighted by molar-refractivity contribution is 0.140. The molecule has 0 aliphatic heterocycles. The van der Waals surface area contributed by atoms with Crippen LogP contribution in [0.5, 0.6) is 0 Å². The van der Waals surface area contributed by atoms with Crippen LogP contribution in [-0.2, 0) is 13.3 Å². The molecule has 0 amide bonds. The summed E-state index contributed by atoms with van der Waals surface area (Å²) in [4.78, 5) is 0. The highest BCUT2D eigenvalue weighted by atomic mass is 28.4. The zero-order valence-electron chi connectivity index (χ0n) is 11.5. The van der Waals surface area contributed by atoms with E-state index < -0.39 is 16.9 Å². The van der Waals surface area contributed by atoms with Crippen molar-refractivity contribution in [1.29, 1.82) is 0 Å². The summed E-state index contributed by atoms with van der Waals surface area (Å²) in [6.45, 7) is 6.93. The Bertz CT molecular complexity index is 362. The van der Waals surface area contributed by atoms with Crippen molar-refractivity contribution in [2.45, 2.75) is 19.6 Å². The minimum absolute atomic E-state index is 1.10. The highest BCUT2D eigenvalue weighted by Gasteiger charge is 2.44. The van der Waals surface area contributed by atoms with Gasteiger partial charge in [0.1, 0.15) is 0 Å². The van der Waals surface area contributed by atoms with Crippen LogP contribution in [0.1, 0.15) is 0 Å². The molecule has 0 aromatic heterocycles. The molecule has 0 radical (unpaired) electrons. The normalized spacial score (nSPS) is 12.8. The first-order chi connectivity index (χ1) is 7.91. The van der Waals surface area contributed by atoms with Gasteiger partial charge < -0.3 is 13.3 Å². The summed E-state index contributed by atoms with van der Waals surface area (Å²) in [7, 11) is 0.804. The lowest BCUT2D eigenvalue weighted by Crippen LogP contribution is -2.64. The summed E-state index contributed by atoms with van der Waals surface area (Å²) in [5, 5.41) is 2.45. The first kappa shape index (κ1) is 14.6. The maximum absolute atomic E-state index is 5.57. The van der Waals surface area contributed by atoms with Crippen LogP contribution in [0.25, 0.3) is 0 Å². The molecule has 0 aliphatic carbocycles. The van der Waals surface area contributed by atoms with Crippen LogP contribution in [0.3, 0.4) is 0 Å². The van der Waals surface area contributed by atoms with Crippen molar-refractivity contribution >= 4 is 27.3 Å². The van der Waals surface area contributed by atoms with Crippen molar-refractivity contribution in [1.82, 2.24) is 0 Å². The second-order valence-corrected chi connectivity index (χ2v) is 12.9. The second kappa shape index (κ2) is 5.45. The first-order valence-corrected chi connectivity index (χ1v) is 10.9. The van der Waals surface area contributed by atoms with Gasteiger partial charge in [0.25, 0.3) is 0 Å². The molecule has 1 aromatic rings. The van der Waals surface area contributed by atoms with Gasteiger partial charge in [-0.25, -0.2) is 0 Å². The molecule has 1 aromatic carbocycles. The van der Waals surface area contributed by atoms with E-state index in [4.69, 9.17) is 13.3 Å². The zero-order valence-corrected chi connectivity index (χ0v) is 13.5. The van der Waals surface area contributed by atoms with Crippen molar-refractivity contribution in [2.24, 2.45) is 0 Å². The average molecular weight is 270 g/mol. The summed E-state index contributed by atoms with van der Waals surface area (Å²) in [5.74, 6) is 0. The predicted octanol–water partition coefficient (Wildman–Crippen LogP) is 1.32. The Kier molecular flexibility index (Phi) is 4.68. The number of benzene rings is 1. The van der Waals surface area contributed by atoms with Crippen LogP contribution < -0.4 is 10.4 Å². The van der Waals surface area contributed by atoms with E-state index in [0.717, 1.165) is 5.19 Å². The summed E-state index contributed by atoms with van der Waals surface area (Å²) in [6, 6.07) is 8.31. The molecule has 0 heterocycles. The third kappa shape index (κ3) is 2.86. The molecule has 0 fully saturated rings. The van der Waals surface area contributed by atoms with E-state index in [1.54, 1.807) is 21.3 Å². The van der Waals surface area contributed by atoms with Crippen LogP contribution in [0.2, 0.25) is 19.6 Å². The fourth-order valence-corrected chi connectivity index (χ4v) is 6.93. The van der Waals surface area contributed by atoms with Crippen molar-refractivity contribution in [3.8, 4) is 0 Å². The molecule has 0 spiro atoms. The van der Waals surface area contributed by atoms with Crippen molar-refractivity contribution in [2.75, 3.05) is 21.3 Å². The van der Waals surface area contributed by atoms with Gasteiger partial charge in [-0.05, 0) is 0 Å². The Labute approximate surface area is 106 Å². The van der Waals surface area contributed by atoms with E-state index >= 15 is 0 Å². The molecule has 0 bridgehead atoms. The predicted molar refractivity (Wildman–Crippen MR) is 75.8 cm³/mol. The molecule has 1 rings (SSSR count). The van der Waals surface area contributed by atoms with E-state index in [1.165, 1.54) is 5.19 Å². The molecule has 0 atom stereocenters. The summed E-state index contributed by atoms with van der Waals surface area (Å²) < 4.78 is 16.7. The fourth-order valence-electron chi connectivity index (χ4n) is 1.98. The van der Waals surface area contributed by atoms with Crippen LogP contribution in [-0.4, -0.2) is 38.2 Å². The molecule has 0 aliphatic rings. The van der Waals surface area contributed by atoms with Gasteiger partial charge in [0, 0.05) is 26.5 Å². The molecule has 0 saturated heterocycles. The van der Waals surface area contributed by atoms with Crippen molar-refractivity contribution in [3.63, 3.8) is 0 Å². The highest BCUT2D eigenvalue weighted by molar-refractivity contribution is 6.94. The summed E-state index contributed by atoms with van der Waals surface area (Å²) >= 11 is 0. The molecule has 3 nitrogen and oxygen atoms in total. The Hall–Kier alpha value is -0.466. The minimum atomic E-state index is -2.71. The quantitative estimate of drug-likeness (QED) is 0.755. The first-order valence-electron chi connectivity index (χ1n) is 5.66. The SMILES string of the molecule is CO[Si](OC)(OC)c1ccccc1[Si](C)(C)C. The summed E-state index contributed by atoms with van der Waals surface area (Å²) in [6.07, 6.45) is 0. The largest absolute Gasteiger partial charge is 0.536 e. The molecule has 96 valence electrons. The Morgan fingerprint density at radius 3 is 1.53 bits per heavy atom. The lowest BCUT2D eigenvalue weighted by atomic mass is 10.4. The van der Waals surface area contributed by atoms with E-state index in [-0.39, 0.29) is 0 Å². The molecule has 17 heavy (non-hydrogen) atoms. The van der Waals surface area contributed by atoms with Gasteiger partial charge in [0.15, 0.2) is 0 Å². The van der Waals surface area contributed by atoms with Crippen LogP contribution >= 0.6 is 0 Å². The fraction of sp³-hybridized carbons (Fsp3) is 0.500. The van der Waals surface area contributed by atoms with Crippen LogP contribution in [0.4, 0.5) is 0 Å². The number of hydrogen-bond donors (Lipinski definition) is 0. The Morgan fingerprint density at radius 2 is 1.18 bits per heavy atom. The van der Waals surface area contributed by atoms with Crippen LogP contribution in [0.15, 0.2) is 24.3 Å². The van der Waals surface area contributed by atoms with E-state index in [9.17, 15) is 0 Å². The lowest BCUT2D eigenvalue weighted by Gasteiger charge is -2.30. The molecule has 0 saturated carbocycles. The molecule has 5 heteroatoms. The monoisotopic (exact) mass is 270 g/mol. The van der Waals surface area contributed by atoms with E-state index in [1.807, 2.05) is 6.07 Å². The van der Waals surface area contributed by atoms with Gasteiger partial charge in [0.2, 0.25) is 0 Å². The molecule has 0 N–H and O–H groups in total. The Balaban J connectivity index is 3.39. The van der Waals surface area contributed by atoms with Crippen molar-refractivity contribution in [3.05, 3.63) is 24.3 Å². The van der Waals surface area contributed by atoms with Gasteiger partial charge in [-0.3, -0.25) is 0 Å². The third-order valence-electron chi connectivity index (χ3n) is 2.87. The van der Waals surface area contributed by atoms with Crippen LogP contribution in [0, 0.1) is 0 Å². The molecule has 0 unspecified atom stereocenters. The van der Waals surface area contributed by atoms with Crippen molar-refractivity contribution < 1.29 is 13.3 Å². The maximum Gasteiger partial charge on any atom is 0.536 e. The highest BCUT2D eigenvalue weighted by Crippen LogP contribution is 2.09. The van der Waals surface area contributed by atoms with E-state index in [2.05, 4.69) is 37.8 Å². The topological polar surface area (TPSA) is 27.7 Å². The zero-order chi connectivity index (χ0) is 13.1. The van der Waals surface area contributed by atoms with Gasteiger partial charge in [-0.15, -0.1) is 0 Å². The molecular formula is C12H22O3Si2. The molecular weight excluding hydrogens is 248 g/mol. The maximum atomic E-state index is 5.57. The Morgan fingerprint density at radius 1 is 0.765 bits per heavy atom. The number of hydrogen-bond acceptors (Lipinski definition) is 3. The number of rotatable bonds is 5. The third-order valence-corrected chi connectivity index (χ3v) is 7.88. The van der Waals surface area contributed by atoms with Gasteiger partial charge >= 0.3 is 8.80 Å². The van der Waals surface area contributed by atoms with E-state index in [0.29, 0.717) is 0 Å². The summed E-state index contributed by atoms with van der Waals surface area (Å²) in [5.41, 5.74) is 0. The minimum Gasteiger partial charge on any atom is -0.373 e.